The van der Waals surface area contributed by atoms with Gasteiger partial charge in [-0.1, -0.05) is 42.5 Å². The van der Waals surface area contributed by atoms with E-state index in [4.69, 9.17) is 4.74 Å². The minimum atomic E-state index is -0.255. The average molecular weight is 332 g/mol. The second-order valence-corrected chi connectivity index (χ2v) is 5.96. The number of hydrogen-bond donors (Lipinski definition) is 0. The van der Waals surface area contributed by atoms with Gasteiger partial charge in [-0.3, -0.25) is 0 Å². The number of nitrogens with zero attached hydrogens (tertiary/aromatic N) is 1. The fourth-order valence-electron chi connectivity index (χ4n) is 3.13. The third-order valence-electron chi connectivity index (χ3n) is 4.33. The van der Waals surface area contributed by atoms with Crippen LogP contribution < -0.4 is 0 Å². The Morgan fingerprint density at radius 2 is 1.70 bits per heavy atom. The second kappa shape index (κ2) is 7.62. The van der Waals surface area contributed by atoms with Crippen LogP contribution in [-0.2, 0) is 11.2 Å². The lowest BCUT2D eigenvalue weighted by Crippen LogP contribution is -2.39. The molecule has 0 saturated carbocycles. The summed E-state index contributed by atoms with van der Waals surface area (Å²) in [6, 6.07) is 17.7. The van der Waals surface area contributed by atoms with Crippen molar-refractivity contribution < 1.29 is 9.53 Å². The van der Waals surface area contributed by atoms with Crippen molar-refractivity contribution in [1.29, 1.82) is 0 Å². The van der Waals surface area contributed by atoms with Crippen molar-refractivity contribution in [1.82, 2.24) is 4.90 Å². The zero-order valence-electron chi connectivity index (χ0n) is 13.4. The van der Waals surface area contributed by atoms with Gasteiger partial charge >= 0.3 is 5.97 Å². The van der Waals surface area contributed by atoms with Gasteiger partial charge < -0.3 is 9.64 Å². The van der Waals surface area contributed by atoms with Gasteiger partial charge in [-0.05, 0) is 50.2 Å². The molecule has 0 aliphatic heterocycles. The molecule has 0 amide bonds. The normalized spacial score (nSPS) is 19.6. The van der Waals surface area contributed by atoms with E-state index in [9.17, 15) is 4.79 Å². The standard InChI is InChI=1S/C19H21NO2.ClH/c1-20(2)17-13-12-14-8-6-7-11-16(14)18(17)22-19(21)15-9-4-3-5-10-15;/h3-11,17-18H,12-13H2,1-2H3;1H/t17-,18-;/m0./s1. The molecule has 3 rings (SSSR count). The number of likely N-dealkylation sites (N-methyl/N-ethyl adjacent to an activating group) is 1. The molecule has 0 saturated heterocycles. The summed E-state index contributed by atoms with van der Waals surface area (Å²) < 4.78 is 5.90. The molecule has 2 atom stereocenters. The van der Waals surface area contributed by atoms with Gasteiger partial charge in [0.15, 0.2) is 0 Å². The number of hydrogen-bond acceptors (Lipinski definition) is 3. The van der Waals surface area contributed by atoms with Gasteiger partial charge in [-0.15, -0.1) is 12.4 Å². The van der Waals surface area contributed by atoms with Crippen molar-refractivity contribution in [3.63, 3.8) is 0 Å². The largest absolute Gasteiger partial charge is 0.452 e. The van der Waals surface area contributed by atoms with E-state index in [2.05, 4.69) is 17.0 Å². The molecule has 122 valence electrons. The molecule has 0 unspecified atom stereocenters. The van der Waals surface area contributed by atoms with E-state index in [0.717, 1.165) is 18.4 Å². The SMILES string of the molecule is CN(C)[C@H]1CCc2ccccc2[C@@H]1OC(=O)c1ccccc1.Cl. The molecule has 3 nitrogen and oxygen atoms in total. The van der Waals surface area contributed by atoms with Gasteiger partial charge in [-0.25, -0.2) is 4.79 Å². The molecular weight excluding hydrogens is 310 g/mol. The van der Waals surface area contributed by atoms with Crippen LogP contribution in [-0.4, -0.2) is 31.0 Å². The third kappa shape index (κ3) is 3.74. The number of halogens is 1. The molecule has 0 aromatic heterocycles. The Labute approximate surface area is 143 Å². The first-order valence-electron chi connectivity index (χ1n) is 7.67. The van der Waals surface area contributed by atoms with Crippen LogP contribution >= 0.6 is 12.4 Å². The van der Waals surface area contributed by atoms with E-state index in [1.54, 1.807) is 12.1 Å². The van der Waals surface area contributed by atoms with E-state index in [-0.39, 0.29) is 30.5 Å². The number of ether oxygens (including phenoxy) is 1. The summed E-state index contributed by atoms with van der Waals surface area (Å²) in [6.45, 7) is 0. The van der Waals surface area contributed by atoms with Crippen LogP contribution in [0.25, 0.3) is 0 Å². The van der Waals surface area contributed by atoms with Crippen molar-refractivity contribution in [2.75, 3.05) is 14.1 Å². The van der Waals surface area contributed by atoms with E-state index < -0.39 is 0 Å². The zero-order chi connectivity index (χ0) is 15.5. The van der Waals surface area contributed by atoms with Crippen LogP contribution in [0.4, 0.5) is 0 Å². The molecule has 0 N–H and O–H groups in total. The number of benzene rings is 2. The van der Waals surface area contributed by atoms with Gasteiger partial charge in [0.05, 0.1) is 11.6 Å². The highest BCUT2D eigenvalue weighted by molar-refractivity contribution is 5.89. The maximum absolute atomic E-state index is 12.5. The van der Waals surface area contributed by atoms with Crippen LogP contribution in [0, 0.1) is 0 Å². The van der Waals surface area contributed by atoms with E-state index in [1.807, 2.05) is 44.4 Å². The molecule has 4 heteroatoms. The maximum atomic E-state index is 12.5. The Hall–Kier alpha value is -1.84. The summed E-state index contributed by atoms with van der Waals surface area (Å²) >= 11 is 0. The Kier molecular flexibility index (Phi) is 5.80. The fourth-order valence-corrected chi connectivity index (χ4v) is 3.13. The van der Waals surface area contributed by atoms with E-state index in [1.165, 1.54) is 5.56 Å². The summed E-state index contributed by atoms with van der Waals surface area (Å²) in [5.74, 6) is -0.255. The highest BCUT2D eigenvalue weighted by Crippen LogP contribution is 2.35. The topological polar surface area (TPSA) is 29.5 Å². The molecule has 0 bridgehead atoms. The first-order valence-corrected chi connectivity index (χ1v) is 7.67. The minimum Gasteiger partial charge on any atom is -0.452 e. The predicted molar refractivity (Wildman–Crippen MR) is 94.1 cm³/mol. The molecule has 23 heavy (non-hydrogen) atoms. The van der Waals surface area contributed by atoms with Crippen molar-refractivity contribution in [3.05, 3.63) is 71.3 Å². The lowest BCUT2D eigenvalue weighted by molar-refractivity contribution is 0.000620. The van der Waals surface area contributed by atoms with Gasteiger partial charge in [0, 0.05) is 0 Å². The van der Waals surface area contributed by atoms with Crippen molar-refractivity contribution in [2.24, 2.45) is 0 Å². The Bertz CT molecular complexity index is 657. The zero-order valence-corrected chi connectivity index (χ0v) is 14.3. The van der Waals surface area contributed by atoms with Crippen LogP contribution in [0.3, 0.4) is 0 Å². The molecule has 2 aromatic rings. The summed E-state index contributed by atoms with van der Waals surface area (Å²) in [5, 5.41) is 0. The Morgan fingerprint density at radius 3 is 2.39 bits per heavy atom. The highest BCUT2D eigenvalue weighted by atomic mass is 35.5. The van der Waals surface area contributed by atoms with Crippen molar-refractivity contribution in [2.45, 2.75) is 25.0 Å². The van der Waals surface area contributed by atoms with E-state index >= 15 is 0 Å². The smallest absolute Gasteiger partial charge is 0.338 e. The monoisotopic (exact) mass is 331 g/mol. The Balaban J connectivity index is 0.00000192. The fraction of sp³-hybridized carbons (Fsp3) is 0.316. The lowest BCUT2D eigenvalue weighted by Gasteiger charge is -2.37. The number of rotatable bonds is 3. The van der Waals surface area contributed by atoms with Gasteiger partial charge in [0.1, 0.15) is 6.10 Å². The summed E-state index contributed by atoms with van der Waals surface area (Å²) in [5.41, 5.74) is 3.02. The van der Waals surface area contributed by atoms with Gasteiger partial charge in [-0.2, -0.15) is 0 Å². The van der Waals surface area contributed by atoms with Crippen LogP contribution in [0.15, 0.2) is 54.6 Å². The highest BCUT2D eigenvalue weighted by Gasteiger charge is 2.33. The molecule has 0 spiro atoms. The number of carbonyl (C=O) groups excluding carboxylic acids is 1. The molecular formula is C19H22ClNO2. The second-order valence-electron chi connectivity index (χ2n) is 5.96. The predicted octanol–water partition coefficient (Wildman–Crippen LogP) is 3.88. The third-order valence-corrected chi connectivity index (χ3v) is 4.33. The maximum Gasteiger partial charge on any atom is 0.338 e. The molecule has 2 aromatic carbocycles. The Morgan fingerprint density at radius 1 is 1.04 bits per heavy atom. The summed E-state index contributed by atoms with van der Waals surface area (Å²) in [7, 11) is 4.09. The average Bonchev–Trinajstić information content (AvgIpc) is 2.55. The van der Waals surface area contributed by atoms with E-state index in [0.29, 0.717) is 5.56 Å². The van der Waals surface area contributed by atoms with Gasteiger partial charge in [0.2, 0.25) is 0 Å². The first kappa shape index (κ1) is 17.5. The van der Waals surface area contributed by atoms with Gasteiger partial charge in [0.25, 0.3) is 0 Å². The van der Waals surface area contributed by atoms with Crippen molar-refractivity contribution >= 4 is 18.4 Å². The van der Waals surface area contributed by atoms with Crippen LogP contribution in [0.1, 0.15) is 34.0 Å². The number of esters is 1. The number of aryl methyl sites for hydroxylation is 1. The van der Waals surface area contributed by atoms with Crippen molar-refractivity contribution in [3.8, 4) is 0 Å². The molecule has 0 heterocycles. The van der Waals surface area contributed by atoms with Crippen LogP contribution in [0.5, 0.6) is 0 Å². The molecule has 0 radical (unpaired) electrons. The number of carbonyl (C=O) groups is 1. The van der Waals surface area contributed by atoms with Crippen LogP contribution in [0.2, 0.25) is 0 Å². The minimum absolute atomic E-state index is 0. The quantitative estimate of drug-likeness (QED) is 0.799. The summed E-state index contributed by atoms with van der Waals surface area (Å²) in [6.07, 6.45) is 1.81. The lowest BCUT2D eigenvalue weighted by atomic mass is 9.85. The summed E-state index contributed by atoms with van der Waals surface area (Å²) in [4.78, 5) is 14.6. The molecule has 1 aliphatic rings. The molecule has 1 aliphatic carbocycles. The molecule has 0 fully saturated rings. The first-order chi connectivity index (χ1) is 10.7. The number of fused-ring (bicyclic) bond motifs is 1.